The molecule has 0 unspecified atom stereocenters. The van der Waals surface area contributed by atoms with Crippen LogP contribution in [0.15, 0.2) is 41.5 Å². The Morgan fingerprint density at radius 3 is 2.92 bits per heavy atom. The molecule has 0 radical (unpaired) electrons. The smallest absolute Gasteiger partial charge is 0.269 e. The zero-order valence-corrected chi connectivity index (χ0v) is 14.2. The van der Waals surface area contributed by atoms with E-state index in [1.54, 1.807) is 33.8 Å². The number of rotatable bonds is 6. The van der Waals surface area contributed by atoms with Gasteiger partial charge in [0.25, 0.3) is 5.91 Å². The van der Waals surface area contributed by atoms with Crippen LogP contribution in [-0.4, -0.2) is 37.0 Å². The number of aromatic amines is 1. The SMILES string of the molecule is Cc1c(-c2cc(C(=O)NCCCn3ccccc3=O)[nH]n2)cnn1C. The van der Waals surface area contributed by atoms with E-state index in [0.29, 0.717) is 30.9 Å². The van der Waals surface area contributed by atoms with Crippen molar-refractivity contribution in [3.8, 4) is 11.3 Å². The Morgan fingerprint density at radius 2 is 2.20 bits per heavy atom. The van der Waals surface area contributed by atoms with Gasteiger partial charge < -0.3 is 9.88 Å². The lowest BCUT2D eigenvalue weighted by atomic mass is 10.2. The minimum absolute atomic E-state index is 0.0427. The molecule has 0 saturated heterocycles. The van der Waals surface area contributed by atoms with Crippen LogP contribution in [0.25, 0.3) is 11.3 Å². The summed E-state index contributed by atoms with van der Waals surface area (Å²) in [5.41, 5.74) is 2.91. The van der Waals surface area contributed by atoms with E-state index in [0.717, 1.165) is 11.3 Å². The summed E-state index contributed by atoms with van der Waals surface area (Å²) in [6.45, 7) is 2.98. The van der Waals surface area contributed by atoms with Crippen molar-refractivity contribution >= 4 is 5.91 Å². The third-order valence-corrected chi connectivity index (χ3v) is 4.09. The molecule has 2 N–H and O–H groups in total. The van der Waals surface area contributed by atoms with Crippen LogP contribution in [0, 0.1) is 6.92 Å². The van der Waals surface area contributed by atoms with Crippen LogP contribution in [0.5, 0.6) is 0 Å². The number of aryl methyl sites for hydroxylation is 2. The zero-order valence-electron chi connectivity index (χ0n) is 14.2. The fourth-order valence-corrected chi connectivity index (χ4v) is 2.52. The molecule has 0 fully saturated rings. The standard InChI is InChI=1S/C17H20N6O2/c1-12-13(11-19-22(12)2)14-10-15(21-20-14)17(25)18-7-5-9-23-8-4-3-6-16(23)24/h3-4,6,8,10-11H,5,7,9H2,1-2H3,(H,18,25)(H,20,21). The lowest BCUT2D eigenvalue weighted by Crippen LogP contribution is -2.27. The van der Waals surface area contributed by atoms with Crippen LogP contribution >= 0.6 is 0 Å². The van der Waals surface area contributed by atoms with Gasteiger partial charge in [0, 0.05) is 43.7 Å². The van der Waals surface area contributed by atoms with Crippen molar-refractivity contribution in [3.05, 3.63) is 58.4 Å². The minimum atomic E-state index is -0.222. The van der Waals surface area contributed by atoms with Gasteiger partial charge in [0.1, 0.15) is 5.69 Å². The molecule has 0 aromatic carbocycles. The van der Waals surface area contributed by atoms with Crippen LogP contribution in [0.2, 0.25) is 0 Å². The monoisotopic (exact) mass is 340 g/mol. The van der Waals surface area contributed by atoms with E-state index in [2.05, 4.69) is 20.6 Å². The maximum Gasteiger partial charge on any atom is 0.269 e. The molecule has 3 aromatic rings. The van der Waals surface area contributed by atoms with Crippen LogP contribution in [0.1, 0.15) is 22.6 Å². The Morgan fingerprint density at radius 1 is 1.36 bits per heavy atom. The molecular weight excluding hydrogens is 320 g/mol. The summed E-state index contributed by atoms with van der Waals surface area (Å²) in [5, 5.41) is 13.9. The first-order valence-electron chi connectivity index (χ1n) is 8.04. The van der Waals surface area contributed by atoms with E-state index < -0.39 is 0 Å². The van der Waals surface area contributed by atoms with Crippen molar-refractivity contribution in [2.24, 2.45) is 7.05 Å². The number of hydrogen-bond acceptors (Lipinski definition) is 4. The van der Waals surface area contributed by atoms with Gasteiger partial charge in [-0.25, -0.2) is 0 Å². The fourth-order valence-electron chi connectivity index (χ4n) is 2.52. The van der Waals surface area contributed by atoms with Gasteiger partial charge in [-0.2, -0.15) is 10.2 Å². The van der Waals surface area contributed by atoms with Crippen molar-refractivity contribution in [1.29, 1.82) is 0 Å². The molecule has 3 aromatic heterocycles. The molecule has 0 saturated carbocycles. The highest BCUT2D eigenvalue weighted by Gasteiger charge is 2.13. The lowest BCUT2D eigenvalue weighted by Gasteiger charge is -2.05. The number of hydrogen-bond donors (Lipinski definition) is 2. The average Bonchev–Trinajstić information content (AvgIpc) is 3.21. The summed E-state index contributed by atoms with van der Waals surface area (Å²) in [5.74, 6) is -0.222. The second-order valence-electron chi connectivity index (χ2n) is 5.78. The van der Waals surface area contributed by atoms with E-state index in [1.807, 2.05) is 20.0 Å². The number of pyridine rings is 1. The largest absolute Gasteiger partial charge is 0.351 e. The zero-order chi connectivity index (χ0) is 17.8. The van der Waals surface area contributed by atoms with E-state index in [1.165, 1.54) is 6.07 Å². The van der Waals surface area contributed by atoms with Gasteiger partial charge in [-0.1, -0.05) is 6.07 Å². The van der Waals surface area contributed by atoms with Gasteiger partial charge in [-0.05, 0) is 25.5 Å². The third-order valence-electron chi connectivity index (χ3n) is 4.09. The molecule has 0 atom stereocenters. The van der Waals surface area contributed by atoms with Crippen molar-refractivity contribution in [2.75, 3.05) is 6.54 Å². The van der Waals surface area contributed by atoms with Crippen LogP contribution in [0.4, 0.5) is 0 Å². The second-order valence-corrected chi connectivity index (χ2v) is 5.78. The van der Waals surface area contributed by atoms with Gasteiger partial charge in [0.05, 0.1) is 11.9 Å². The number of carbonyl (C=O) groups is 1. The summed E-state index contributed by atoms with van der Waals surface area (Å²) < 4.78 is 3.38. The Bertz CT molecular complexity index is 937. The van der Waals surface area contributed by atoms with Gasteiger partial charge in [-0.15, -0.1) is 0 Å². The molecule has 8 heteroatoms. The molecule has 1 amide bonds. The van der Waals surface area contributed by atoms with Gasteiger partial charge in [0.15, 0.2) is 0 Å². The second kappa shape index (κ2) is 7.16. The quantitative estimate of drug-likeness (QED) is 0.657. The molecule has 3 rings (SSSR count). The van der Waals surface area contributed by atoms with Gasteiger partial charge >= 0.3 is 0 Å². The molecule has 8 nitrogen and oxygen atoms in total. The molecule has 0 aliphatic rings. The summed E-state index contributed by atoms with van der Waals surface area (Å²) in [4.78, 5) is 23.8. The minimum Gasteiger partial charge on any atom is -0.351 e. The van der Waals surface area contributed by atoms with Crippen LogP contribution in [-0.2, 0) is 13.6 Å². The lowest BCUT2D eigenvalue weighted by molar-refractivity contribution is 0.0947. The molecule has 0 aliphatic heterocycles. The van der Waals surface area contributed by atoms with Gasteiger partial charge in [0.2, 0.25) is 5.56 Å². The third kappa shape index (κ3) is 3.68. The highest BCUT2D eigenvalue weighted by molar-refractivity contribution is 5.93. The first-order valence-corrected chi connectivity index (χ1v) is 8.04. The van der Waals surface area contributed by atoms with Crippen molar-refractivity contribution in [1.82, 2.24) is 29.9 Å². The van der Waals surface area contributed by atoms with E-state index in [9.17, 15) is 9.59 Å². The van der Waals surface area contributed by atoms with Crippen LogP contribution < -0.4 is 10.9 Å². The number of nitrogens with one attached hydrogen (secondary N) is 2. The molecular formula is C17H20N6O2. The molecule has 130 valence electrons. The molecule has 0 spiro atoms. The summed E-state index contributed by atoms with van der Waals surface area (Å²) in [6.07, 6.45) is 4.13. The van der Waals surface area contributed by atoms with Gasteiger partial charge in [-0.3, -0.25) is 19.4 Å². The van der Waals surface area contributed by atoms with E-state index in [-0.39, 0.29) is 11.5 Å². The maximum atomic E-state index is 12.2. The maximum absolute atomic E-state index is 12.2. The van der Waals surface area contributed by atoms with Crippen molar-refractivity contribution in [3.63, 3.8) is 0 Å². The van der Waals surface area contributed by atoms with Crippen molar-refractivity contribution in [2.45, 2.75) is 19.9 Å². The predicted molar refractivity (Wildman–Crippen MR) is 93.2 cm³/mol. The number of H-pyrrole nitrogens is 1. The molecule has 25 heavy (non-hydrogen) atoms. The predicted octanol–water partition coefficient (Wildman–Crippen LogP) is 1.10. The number of carbonyl (C=O) groups excluding carboxylic acids is 1. The topological polar surface area (TPSA) is 97.6 Å². The summed E-state index contributed by atoms with van der Waals surface area (Å²) in [6, 6.07) is 6.75. The Hall–Kier alpha value is -3.16. The Kier molecular flexibility index (Phi) is 4.78. The fraction of sp³-hybridized carbons (Fsp3) is 0.294. The average molecular weight is 340 g/mol. The Balaban J connectivity index is 1.55. The first-order chi connectivity index (χ1) is 12.1. The summed E-state index contributed by atoms with van der Waals surface area (Å²) >= 11 is 0. The summed E-state index contributed by atoms with van der Waals surface area (Å²) in [7, 11) is 1.86. The number of nitrogens with zero attached hydrogens (tertiary/aromatic N) is 4. The number of aromatic nitrogens is 5. The van der Waals surface area contributed by atoms with E-state index >= 15 is 0 Å². The first kappa shape index (κ1) is 16.7. The number of amides is 1. The highest BCUT2D eigenvalue weighted by atomic mass is 16.2. The van der Waals surface area contributed by atoms with E-state index in [4.69, 9.17) is 0 Å². The molecule has 0 bridgehead atoms. The van der Waals surface area contributed by atoms with Crippen LogP contribution in [0.3, 0.4) is 0 Å². The van der Waals surface area contributed by atoms with Crippen molar-refractivity contribution < 1.29 is 4.79 Å². The normalized spacial score (nSPS) is 10.8. The Labute approximate surface area is 144 Å². The molecule has 3 heterocycles. The highest BCUT2D eigenvalue weighted by Crippen LogP contribution is 2.20. The molecule has 0 aliphatic carbocycles.